The molecule has 10 heteroatoms. The average Bonchev–Trinajstić information content (AvgIpc) is 2.63. The fourth-order valence-corrected chi connectivity index (χ4v) is 2.58. The molecule has 0 fully saturated rings. The Morgan fingerprint density at radius 2 is 1.82 bits per heavy atom. The Hall–Kier alpha value is -2.94. The molecular weight excluding hydrogens is 399 g/mol. The first kappa shape index (κ1) is 19.8. The molecule has 2 aromatic rings. The Bertz CT molecular complexity index is 878. The zero-order chi connectivity index (χ0) is 20.3. The van der Waals surface area contributed by atoms with Crippen LogP contribution < -0.4 is 20.7 Å². The zero-order valence-corrected chi connectivity index (χ0v) is 15.0. The molecule has 3 N–H and O–H groups in total. The molecule has 0 radical (unpaired) electrons. The van der Waals surface area contributed by atoms with Crippen molar-refractivity contribution in [2.75, 3.05) is 16.0 Å². The molecule has 3 rings (SSSR count). The second-order valence-corrected chi connectivity index (χ2v) is 6.36. The standard InChI is InChI=1S/C18H15ClF3N3O3/c19-17(20)18(21,22)28-11-7-5-10(6-8-11)23-15(26)9-14-16(27)25-13-4-2-1-3-12(13)24-14/h1-8,14,17,24H,9H2,(H,23,26)(H,25,27). The van der Waals surface area contributed by atoms with Crippen LogP contribution in [0.1, 0.15) is 6.42 Å². The molecule has 1 aliphatic rings. The van der Waals surface area contributed by atoms with Crippen molar-refractivity contribution in [2.45, 2.75) is 24.2 Å². The third-order valence-corrected chi connectivity index (χ3v) is 4.12. The van der Waals surface area contributed by atoms with E-state index in [1.54, 1.807) is 24.3 Å². The molecule has 0 saturated heterocycles. The number of benzene rings is 2. The lowest BCUT2D eigenvalue weighted by molar-refractivity contribution is -0.199. The number of nitrogens with one attached hydrogen (secondary N) is 3. The molecule has 2 aromatic carbocycles. The van der Waals surface area contributed by atoms with Crippen LogP contribution in [0, 0.1) is 0 Å². The molecule has 1 aliphatic heterocycles. The summed E-state index contributed by atoms with van der Waals surface area (Å²) in [7, 11) is 0. The first-order valence-corrected chi connectivity index (χ1v) is 8.59. The summed E-state index contributed by atoms with van der Waals surface area (Å²) in [5, 5.41) is 8.24. The van der Waals surface area contributed by atoms with Crippen LogP contribution in [0.2, 0.25) is 0 Å². The van der Waals surface area contributed by atoms with Crippen molar-refractivity contribution in [3.8, 4) is 5.75 Å². The van der Waals surface area contributed by atoms with Gasteiger partial charge in [0, 0.05) is 5.69 Å². The molecule has 148 valence electrons. The summed E-state index contributed by atoms with van der Waals surface area (Å²) in [5.74, 6) is -1.13. The molecule has 0 spiro atoms. The number of hydrogen-bond donors (Lipinski definition) is 3. The minimum atomic E-state index is -4.18. The highest BCUT2D eigenvalue weighted by Gasteiger charge is 2.42. The molecule has 0 aliphatic carbocycles. The van der Waals surface area contributed by atoms with E-state index in [2.05, 4.69) is 20.7 Å². The Kier molecular flexibility index (Phi) is 5.64. The van der Waals surface area contributed by atoms with E-state index >= 15 is 0 Å². The predicted octanol–water partition coefficient (Wildman–Crippen LogP) is 3.95. The number of alkyl halides is 4. The number of anilines is 3. The molecule has 0 bridgehead atoms. The Morgan fingerprint density at radius 1 is 1.18 bits per heavy atom. The predicted molar refractivity (Wildman–Crippen MR) is 98.5 cm³/mol. The lowest BCUT2D eigenvalue weighted by Crippen LogP contribution is -2.41. The minimum Gasteiger partial charge on any atom is -0.429 e. The molecule has 2 unspecified atom stereocenters. The maximum Gasteiger partial charge on any atom is 0.444 e. The van der Waals surface area contributed by atoms with Crippen molar-refractivity contribution >= 4 is 40.5 Å². The van der Waals surface area contributed by atoms with Crippen LogP contribution in [0.4, 0.5) is 30.2 Å². The van der Waals surface area contributed by atoms with Gasteiger partial charge < -0.3 is 20.7 Å². The largest absolute Gasteiger partial charge is 0.444 e. The van der Waals surface area contributed by atoms with Crippen LogP contribution in [-0.2, 0) is 9.59 Å². The van der Waals surface area contributed by atoms with Gasteiger partial charge in [0.05, 0.1) is 17.8 Å². The smallest absolute Gasteiger partial charge is 0.429 e. The third-order valence-electron chi connectivity index (χ3n) is 3.87. The van der Waals surface area contributed by atoms with Crippen LogP contribution in [0.5, 0.6) is 5.75 Å². The van der Waals surface area contributed by atoms with Crippen molar-refractivity contribution in [1.29, 1.82) is 0 Å². The normalized spacial score (nSPS) is 17.0. The maximum absolute atomic E-state index is 13.1. The van der Waals surface area contributed by atoms with E-state index in [9.17, 15) is 22.8 Å². The molecule has 1 heterocycles. The first-order chi connectivity index (χ1) is 13.2. The number of carbonyl (C=O) groups is 2. The Balaban J connectivity index is 1.57. The molecule has 0 saturated carbocycles. The fraction of sp³-hybridized carbons (Fsp3) is 0.222. The molecular formula is C18H15ClF3N3O3. The Labute approximate surface area is 163 Å². The lowest BCUT2D eigenvalue weighted by atomic mass is 10.1. The van der Waals surface area contributed by atoms with Crippen molar-refractivity contribution in [2.24, 2.45) is 0 Å². The van der Waals surface area contributed by atoms with Gasteiger partial charge in [-0.25, -0.2) is 4.39 Å². The third kappa shape index (κ3) is 4.66. The summed E-state index contributed by atoms with van der Waals surface area (Å²) in [6.07, 6.45) is -4.32. The van der Waals surface area contributed by atoms with Gasteiger partial charge in [-0.2, -0.15) is 8.78 Å². The quantitative estimate of drug-likeness (QED) is 0.626. The lowest BCUT2D eigenvalue weighted by Gasteiger charge is -2.26. The van der Waals surface area contributed by atoms with Gasteiger partial charge in [-0.1, -0.05) is 23.7 Å². The maximum atomic E-state index is 13.1. The summed E-state index contributed by atoms with van der Waals surface area (Å²) in [6.45, 7) is 0. The molecule has 2 atom stereocenters. The highest BCUT2D eigenvalue weighted by atomic mass is 35.5. The summed E-state index contributed by atoms with van der Waals surface area (Å²) >= 11 is 4.72. The summed E-state index contributed by atoms with van der Waals surface area (Å²) < 4.78 is 42.9. The van der Waals surface area contributed by atoms with Crippen molar-refractivity contribution in [3.05, 3.63) is 48.5 Å². The van der Waals surface area contributed by atoms with Crippen LogP contribution in [0.3, 0.4) is 0 Å². The topological polar surface area (TPSA) is 79.5 Å². The number of fused-ring (bicyclic) bond motifs is 1. The van der Waals surface area contributed by atoms with Gasteiger partial charge in [0.2, 0.25) is 11.8 Å². The number of halogens is 4. The summed E-state index contributed by atoms with van der Waals surface area (Å²) in [5.41, 5.74) is -1.37. The van der Waals surface area contributed by atoms with Gasteiger partial charge in [-0.15, -0.1) is 0 Å². The SMILES string of the molecule is O=C(CC1Nc2ccccc2NC1=O)Nc1ccc(OC(F)(F)C(F)Cl)cc1. The van der Waals surface area contributed by atoms with E-state index in [1.165, 1.54) is 12.1 Å². The number of carbonyl (C=O) groups excluding carboxylic acids is 2. The van der Waals surface area contributed by atoms with E-state index < -0.39 is 23.7 Å². The highest BCUT2D eigenvalue weighted by molar-refractivity contribution is 6.20. The van der Waals surface area contributed by atoms with Gasteiger partial charge in [0.15, 0.2) is 0 Å². The summed E-state index contributed by atoms with van der Waals surface area (Å²) in [6, 6.07) is 11.2. The molecule has 28 heavy (non-hydrogen) atoms. The second-order valence-electron chi connectivity index (χ2n) is 5.97. The second kappa shape index (κ2) is 7.97. The minimum absolute atomic E-state index is 0.147. The Morgan fingerprint density at radius 3 is 2.46 bits per heavy atom. The van der Waals surface area contributed by atoms with E-state index in [0.717, 1.165) is 12.1 Å². The monoisotopic (exact) mass is 413 g/mol. The van der Waals surface area contributed by atoms with Crippen LogP contribution in [-0.4, -0.2) is 29.6 Å². The fourth-order valence-electron chi connectivity index (χ4n) is 2.54. The number of ether oxygens (including phenoxy) is 1. The zero-order valence-electron chi connectivity index (χ0n) is 14.2. The first-order valence-electron chi connectivity index (χ1n) is 8.16. The highest BCUT2D eigenvalue weighted by Crippen LogP contribution is 2.30. The average molecular weight is 414 g/mol. The van der Waals surface area contributed by atoms with Gasteiger partial charge in [-0.3, -0.25) is 9.59 Å². The number of para-hydroxylation sites is 2. The van der Waals surface area contributed by atoms with E-state index in [4.69, 9.17) is 11.6 Å². The van der Waals surface area contributed by atoms with Gasteiger partial charge >= 0.3 is 6.11 Å². The van der Waals surface area contributed by atoms with Crippen molar-refractivity contribution < 1.29 is 27.5 Å². The van der Waals surface area contributed by atoms with Crippen LogP contribution in [0.15, 0.2) is 48.5 Å². The van der Waals surface area contributed by atoms with E-state index in [1.807, 2.05) is 0 Å². The number of hydrogen-bond acceptors (Lipinski definition) is 4. The van der Waals surface area contributed by atoms with Gasteiger partial charge in [0.25, 0.3) is 5.63 Å². The van der Waals surface area contributed by atoms with Crippen molar-refractivity contribution in [3.63, 3.8) is 0 Å². The summed E-state index contributed by atoms with van der Waals surface area (Å²) in [4.78, 5) is 24.3. The number of amides is 2. The van der Waals surface area contributed by atoms with Crippen LogP contribution in [0.25, 0.3) is 0 Å². The van der Waals surface area contributed by atoms with E-state index in [0.29, 0.717) is 17.1 Å². The molecule has 0 aromatic heterocycles. The number of rotatable bonds is 6. The molecule has 2 amide bonds. The van der Waals surface area contributed by atoms with Gasteiger partial charge in [-0.05, 0) is 36.4 Å². The van der Waals surface area contributed by atoms with Crippen LogP contribution >= 0.6 is 11.6 Å². The van der Waals surface area contributed by atoms with E-state index in [-0.39, 0.29) is 18.1 Å². The van der Waals surface area contributed by atoms with Crippen molar-refractivity contribution in [1.82, 2.24) is 0 Å². The molecule has 6 nitrogen and oxygen atoms in total. The van der Waals surface area contributed by atoms with Gasteiger partial charge in [0.1, 0.15) is 11.8 Å².